The third-order valence-corrected chi connectivity index (χ3v) is 5.28. The molecule has 1 unspecified atom stereocenters. The van der Waals surface area contributed by atoms with E-state index in [2.05, 4.69) is 23.3 Å². The topological polar surface area (TPSA) is 109 Å². The molecule has 2 amide bonds. The van der Waals surface area contributed by atoms with E-state index in [0.29, 0.717) is 17.1 Å². The number of carboxylic acid groups (broad SMARTS) is 1. The summed E-state index contributed by atoms with van der Waals surface area (Å²) in [5, 5.41) is 14.5. The van der Waals surface area contributed by atoms with Crippen LogP contribution in [0.4, 0.5) is 0 Å². The van der Waals surface area contributed by atoms with Crippen molar-refractivity contribution in [2.24, 2.45) is 0 Å². The quantitative estimate of drug-likeness (QED) is 0.285. The molecule has 3 aromatic rings. The summed E-state index contributed by atoms with van der Waals surface area (Å²) in [7, 11) is 0. The van der Waals surface area contributed by atoms with Gasteiger partial charge in [0, 0.05) is 16.4 Å². The lowest BCUT2D eigenvalue weighted by Crippen LogP contribution is -2.53. The van der Waals surface area contributed by atoms with Gasteiger partial charge in [-0.25, -0.2) is 4.79 Å². The Morgan fingerprint density at radius 1 is 0.971 bits per heavy atom. The molecule has 0 fully saturated rings. The minimum Gasteiger partial charge on any atom is -0.480 e. The maximum absolute atomic E-state index is 13.0. The molecule has 0 aliphatic carbocycles. The fourth-order valence-corrected chi connectivity index (χ4v) is 3.40. The SMILES string of the molecule is Cc1ccc(/C=C(/NC(=O)c2ccc(-c3ccccc3)cc2)C(=O)NC(C(=O)O)C(C)(C)S)o1. The van der Waals surface area contributed by atoms with Crippen LogP contribution in [-0.4, -0.2) is 33.7 Å². The predicted octanol–water partition coefficient (Wildman–Crippen LogP) is 4.30. The van der Waals surface area contributed by atoms with Crippen molar-refractivity contribution >= 4 is 36.5 Å². The number of aliphatic carboxylic acids is 1. The molecule has 3 rings (SSSR count). The molecule has 7 nitrogen and oxygen atoms in total. The van der Waals surface area contributed by atoms with E-state index in [1.54, 1.807) is 45.0 Å². The zero-order chi connectivity index (χ0) is 24.9. The number of hydrogen-bond donors (Lipinski definition) is 4. The van der Waals surface area contributed by atoms with Crippen LogP contribution in [-0.2, 0) is 9.59 Å². The lowest BCUT2D eigenvalue weighted by Gasteiger charge is -2.27. The number of carboxylic acids is 1. The van der Waals surface area contributed by atoms with Crippen molar-refractivity contribution in [3.63, 3.8) is 0 Å². The number of hydrogen-bond acceptors (Lipinski definition) is 5. The first-order chi connectivity index (χ1) is 16.0. The Labute approximate surface area is 203 Å². The first-order valence-electron chi connectivity index (χ1n) is 10.6. The van der Waals surface area contributed by atoms with Crippen molar-refractivity contribution in [2.45, 2.75) is 31.6 Å². The van der Waals surface area contributed by atoms with Crippen LogP contribution in [0.25, 0.3) is 17.2 Å². The molecule has 0 saturated heterocycles. The van der Waals surface area contributed by atoms with E-state index in [0.717, 1.165) is 11.1 Å². The number of carbonyl (C=O) groups is 3. The lowest BCUT2D eigenvalue weighted by molar-refractivity contribution is -0.142. The van der Waals surface area contributed by atoms with Gasteiger partial charge in [0.2, 0.25) is 0 Å². The number of amides is 2. The van der Waals surface area contributed by atoms with Crippen LogP contribution in [0.15, 0.2) is 76.8 Å². The second kappa shape index (κ2) is 10.4. The van der Waals surface area contributed by atoms with Crippen LogP contribution >= 0.6 is 12.6 Å². The van der Waals surface area contributed by atoms with E-state index in [-0.39, 0.29) is 5.70 Å². The van der Waals surface area contributed by atoms with Gasteiger partial charge in [-0.2, -0.15) is 12.6 Å². The lowest BCUT2D eigenvalue weighted by atomic mass is 10.0. The maximum atomic E-state index is 13.0. The zero-order valence-corrected chi connectivity index (χ0v) is 19.9. The fraction of sp³-hybridized carbons (Fsp3) is 0.192. The summed E-state index contributed by atoms with van der Waals surface area (Å²) in [6, 6.07) is 18.7. The van der Waals surface area contributed by atoms with Crippen molar-refractivity contribution in [1.29, 1.82) is 0 Å². The van der Waals surface area contributed by atoms with Crippen molar-refractivity contribution < 1.29 is 23.9 Å². The Bertz CT molecular complexity index is 1210. The Morgan fingerprint density at radius 2 is 1.59 bits per heavy atom. The number of rotatable bonds is 8. The van der Waals surface area contributed by atoms with Crippen LogP contribution in [0.1, 0.15) is 35.7 Å². The molecule has 8 heteroatoms. The number of nitrogens with one attached hydrogen (secondary N) is 2. The van der Waals surface area contributed by atoms with Crippen LogP contribution in [0, 0.1) is 6.92 Å². The maximum Gasteiger partial charge on any atom is 0.327 e. The van der Waals surface area contributed by atoms with Crippen LogP contribution in [0.2, 0.25) is 0 Å². The van der Waals surface area contributed by atoms with Gasteiger partial charge < -0.3 is 20.2 Å². The molecule has 3 N–H and O–H groups in total. The number of carbonyl (C=O) groups excluding carboxylic acids is 2. The average molecular weight is 479 g/mol. The van der Waals surface area contributed by atoms with Crippen molar-refractivity contribution in [3.05, 3.63) is 89.5 Å². The Hall–Kier alpha value is -3.78. The molecule has 0 aliphatic heterocycles. The molecule has 2 aromatic carbocycles. The number of thiol groups is 1. The fourth-order valence-electron chi connectivity index (χ4n) is 3.22. The second-order valence-electron chi connectivity index (χ2n) is 8.30. The van der Waals surface area contributed by atoms with E-state index in [1.807, 2.05) is 42.5 Å². The molecule has 176 valence electrons. The smallest absolute Gasteiger partial charge is 0.327 e. The highest BCUT2D eigenvalue weighted by atomic mass is 32.1. The van der Waals surface area contributed by atoms with Gasteiger partial charge in [-0.1, -0.05) is 42.5 Å². The van der Waals surface area contributed by atoms with Gasteiger partial charge in [-0.05, 0) is 56.2 Å². The summed E-state index contributed by atoms with van der Waals surface area (Å²) in [5.41, 5.74) is 2.13. The van der Waals surface area contributed by atoms with Crippen LogP contribution in [0.3, 0.4) is 0 Å². The standard InChI is InChI=1S/C26H26N2O5S/c1-16-9-14-20(33-16)15-21(24(30)28-22(25(31)32)26(2,3)34)27-23(29)19-12-10-18(11-13-19)17-7-5-4-6-8-17/h4-15,22,34H,1-3H3,(H,27,29)(H,28,30)(H,31,32)/b21-15+. The third kappa shape index (κ3) is 6.39. The van der Waals surface area contributed by atoms with Crippen molar-refractivity contribution in [2.75, 3.05) is 0 Å². The van der Waals surface area contributed by atoms with Gasteiger partial charge >= 0.3 is 5.97 Å². The van der Waals surface area contributed by atoms with E-state index in [4.69, 9.17) is 4.42 Å². The van der Waals surface area contributed by atoms with Gasteiger partial charge in [-0.3, -0.25) is 9.59 Å². The molecule has 1 aromatic heterocycles. The summed E-state index contributed by atoms with van der Waals surface area (Å²) < 4.78 is 4.45. The van der Waals surface area contributed by atoms with E-state index >= 15 is 0 Å². The average Bonchev–Trinajstić information content (AvgIpc) is 3.21. The molecule has 34 heavy (non-hydrogen) atoms. The molecule has 0 radical (unpaired) electrons. The van der Waals surface area contributed by atoms with Gasteiger partial charge in [0.1, 0.15) is 23.3 Å². The van der Waals surface area contributed by atoms with Crippen LogP contribution < -0.4 is 10.6 Å². The third-order valence-electron chi connectivity index (χ3n) is 5.02. The first-order valence-corrected chi connectivity index (χ1v) is 11.0. The number of benzene rings is 2. The van der Waals surface area contributed by atoms with Gasteiger partial charge in [0.15, 0.2) is 0 Å². The summed E-state index contributed by atoms with van der Waals surface area (Å²) in [5.74, 6) is -1.60. The Kier molecular flexibility index (Phi) is 7.63. The van der Waals surface area contributed by atoms with E-state index in [1.165, 1.54) is 6.08 Å². The molecular formula is C26H26N2O5S. The minimum atomic E-state index is -1.30. The molecular weight excluding hydrogens is 452 g/mol. The number of furan rings is 1. The van der Waals surface area contributed by atoms with Crippen LogP contribution in [0.5, 0.6) is 0 Å². The molecule has 0 aliphatic rings. The molecule has 0 spiro atoms. The van der Waals surface area contributed by atoms with Gasteiger partial charge in [0.05, 0.1) is 0 Å². The highest BCUT2D eigenvalue weighted by molar-refractivity contribution is 7.81. The molecule has 0 saturated carbocycles. The van der Waals surface area contributed by atoms with Gasteiger partial charge in [0.25, 0.3) is 11.8 Å². The minimum absolute atomic E-state index is 0.157. The Balaban J connectivity index is 1.85. The Morgan fingerprint density at radius 3 is 2.12 bits per heavy atom. The van der Waals surface area contributed by atoms with E-state index in [9.17, 15) is 19.5 Å². The normalized spacial score (nSPS) is 12.6. The van der Waals surface area contributed by atoms with Crippen molar-refractivity contribution in [1.82, 2.24) is 10.6 Å². The summed E-state index contributed by atoms with van der Waals surface area (Å²) in [6.07, 6.45) is 1.35. The largest absolute Gasteiger partial charge is 0.480 e. The monoisotopic (exact) mass is 478 g/mol. The van der Waals surface area contributed by atoms with Gasteiger partial charge in [-0.15, -0.1) is 0 Å². The molecule has 0 bridgehead atoms. The van der Waals surface area contributed by atoms with Crippen molar-refractivity contribution in [3.8, 4) is 11.1 Å². The summed E-state index contributed by atoms with van der Waals surface area (Å²) in [4.78, 5) is 37.6. The highest BCUT2D eigenvalue weighted by Crippen LogP contribution is 2.21. The summed E-state index contributed by atoms with van der Waals surface area (Å²) >= 11 is 4.28. The molecule has 1 atom stereocenters. The predicted molar refractivity (Wildman–Crippen MR) is 133 cm³/mol. The number of aryl methyl sites for hydroxylation is 1. The zero-order valence-electron chi connectivity index (χ0n) is 19.0. The first kappa shape index (κ1) is 24.9. The summed E-state index contributed by atoms with van der Waals surface area (Å²) in [6.45, 7) is 4.89. The highest BCUT2D eigenvalue weighted by Gasteiger charge is 2.34. The second-order valence-corrected chi connectivity index (χ2v) is 9.45. The van der Waals surface area contributed by atoms with E-state index < -0.39 is 28.6 Å². The molecule has 1 heterocycles.